The average molecular weight is 439 g/mol. The van der Waals surface area contributed by atoms with E-state index in [0.717, 1.165) is 22.9 Å². The summed E-state index contributed by atoms with van der Waals surface area (Å²) in [6.45, 7) is 1.39. The van der Waals surface area contributed by atoms with Crippen molar-refractivity contribution in [2.45, 2.75) is 25.6 Å². The number of hydrogen-bond acceptors (Lipinski definition) is 6. The van der Waals surface area contributed by atoms with E-state index in [9.17, 15) is 36.8 Å². The Morgan fingerprint density at radius 2 is 2.07 bits per heavy atom. The number of sulfone groups is 1. The second kappa shape index (κ2) is 7.60. The van der Waals surface area contributed by atoms with Gasteiger partial charge in [0.15, 0.2) is 9.84 Å². The van der Waals surface area contributed by atoms with Gasteiger partial charge in [0.2, 0.25) is 5.88 Å². The molecule has 3 rings (SSSR count). The molecule has 1 aliphatic heterocycles. The zero-order chi connectivity index (χ0) is 22.3. The zero-order valence-corrected chi connectivity index (χ0v) is 16.5. The summed E-state index contributed by atoms with van der Waals surface area (Å²) >= 11 is 0. The Hall–Kier alpha value is -3.13. The molecule has 0 saturated carbocycles. The summed E-state index contributed by atoms with van der Waals surface area (Å²) in [6.07, 6.45) is -3.41. The molecular weight excluding hydrogens is 423 g/mol. The van der Waals surface area contributed by atoms with Crippen LogP contribution in [-0.4, -0.2) is 35.8 Å². The Bertz CT molecular complexity index is 1240. The van der Waals surface area contributed by atoms with Crippen LogP contribution in [0.5, 0.6) is 5.88 Å². The molecule has 0 bridgehead atoms. The number of aromatic hydroxyl groups is 1. The number of pyridine rings is 1. The van der Waals surface area contributed by atoms with E-state index in [0.29, 0.717) is 0 Å². The van der Waals surface area contributed by atoms with Crippen molar-refractivity contribution in [3.05, 3.63) is 56.9 Å². The fourth-order valence-electron chi connectivity index (χ4n) is 3.31. The number of halogens is 3. The van der Waals surface area contributed by atoms with Crippen LogP contribution in [-0.2, 0) is 16.0 Å². The Labute approximate surface area is 169 Å². The fraction of sp³-hybridized carbons (Fsp3) is 0.316. The summed E-state index contributed by atoms with van der Waals surface area (Å²) in [5.74, 6) is -1.11. The molecule has 2 aromatic rings. The van der Waals surface area contributed by atoms with E-state index in [-0.39, 0.29) is 40.3 Å². The third-order valence-corrected chi connectivity index (χ3v) is 6.63. The maximum Gasteiger partial charge on any atom is 0.416 e. The molecule has 30 heavy (non-hydrogen) atoms. The van der Waals surface area contributed by atoms with Gasteiger partial charge in [0.25, 0.3) is 5.56 Å². The van der Waals surface area contributed by atoms with Gasteiger partial charge in [-0.3, -0.25) is 14.4 Å². The van der Waals surface area contributed by atoms with Crippen molar-refractivity contribution in [3.8, 4) is 11.9 Å². The van der Waals surface area contributed by atoms with Gasteiger partial charge in [0, 0.05) is 6.21 Å². The lowest BCUT2D eigenvalue weighted by atomic mass is 10.0. The summed E-state index contributed by atoms with van der Waals surface area (Å²) in [6, 6.07) is 5.08. The highest BCUT2D eigenvalue weighted by atomic mass is 32.2. The first kappa shape index (κ1) is 21.6. The van der Waals surface area contributed by atoms with Crippen LogP contribution in [0.15, 0.2) is 34.1 Å². The molecule has 1 N–H and O–H groups in total. The third kappa shape index (κ3) is 4.09. The van der Waals surface area contributed by atoms with Crippen LogP contribution in [0.25, 0.3) is 0 Å². The SMILES string of the molecule is Cc1c(C=Nc2cccc(C(F)(F)F)c2)c(O)n([C@H]2CCS(=O)(=O)C2)c(=O)c1C#N. The minimum absolute atomic E-state index is 0.0483. The number of aliphatic imine (C=N–C) groups is 1. The summed E-state index contributed by atoms with van der Waals surface area (Å²) in [4.78, 5) is 16.6. The molecule has 158 valence electrons. The standard InChI is InChI=1S/C19H16F3N3O4S/c1-11-15(8-23)17(26)25(14-5-6-30(28,29)10-14)18(27)16(11)9-24-13-4-2-3-12(7-13)19(20,21)22/h2-4,7,9,14,27H,5-6,10H2,1H3/t14-/m0/s1. The number of nitrogens with zero attached hydrogens (tertiary/aromatic N) is 3. The first-order valence-corrected chi connectivity index (χ1v) is 10.6. The van der Waals surface area contributed by atoms with Crippen molar-refractivity contribution in [2.24, 2.45) is 4.99 Å². The number of hydrogen-bond donors (Lipinski definition) is 1. The molecule has 11 heteroatoms. The lowest BCUT2D eigenvalue weighted by Crippen LogP contribution is -2.29. The molecule has 0 aliphatic carbocycles. The minimum Gasteiger partial charge on any atom is -0.494 e. The monoisotopic (exact) mass is 439 g/mol. The van der Waals surface area contributed by atoms with Gasteiger partial charge in [0.05, 0.1) is 34.4 Å². The molecule has 7 nitrogen and oxygen atoms in total. The van der Waals surface area contributed by atoms with Gasteiger partial charge in [-0.05, 0) is 37.1 Å². The van der Waals surface area contributed by atoms with E-state index in [1.54, 1.807) is 6.07 Å². The highest BCUT2D eigenvalue weighted by Gasteiger charge is 2.33. The Kier molecular flexibility index (Phi) is 5.47. The average Bonchev–Trinajstić information content (AvgIpc) is 3.01. The van der Waals surface area contributed by atoms with Crippen molar-refractivity contribution in [1.82, 2.24) is 4.57 Å². The van der Waals surface area contributed by atoms with Crippen molar-refractivity contribution >= 4 is 21.7 Å². The van der Waals surface area contributed by atoms with Gasteiger partial charge in [-0.2, -0.15) is 18.4 Å². The van der Waals surface area contributed by atoms with Crippen molar-refractivity contribution in [3.63, 3.8) is 0 Å². The number of aromatic nitrogens is 1. The molecule has 1 aliphatic rings. The highest BCUT2D eigenvalue weighted by molar-refractivity contribution is 7.91. The molecule has 0 amide bonds. The van der Waals surface area contributed by atoms with E-state index in [2.05, 4.69) is 4.99 Å². The molecule has 0 unspecified atom stereocenters. The smallest absolute Gasteiger partial charge is 0.416 e. The molecule has 1 fully saturated rings. The summed E-state index contributed by atoms with van der Waals surface area (Å²) < 4.78 is 63.1. The number of nitriles is 1. The van der Waals surface area contributed by atoms with Gasteiger partial charge in [0.1, 0.15) is 11.6 Å². The van der Waals surface area contributed by atoms with Crippen LogP contribution in [0.1, 0.15) is 34.7 Å². The second-order valence-corrected chi connectivity index (χ2v) is 9.12. The van der Waals surface area contributed by atoms with Crippen molar-refractivity contribution in [2.75, 3.05) is 11.5 Å². The first-order valence-electron chi connectivity index (χ1n) is 8.74. The molecule has 1 aromatic carbocycles. The second-order valence-electron chi connectivity index (χ2n) is 6.89. The Morgan fingerprint density at radius 3 is 2.63 bits per heavy atom. The molecular formula is C19H16F3N3O4S. The van der Waals surface area contributed by atoms with Crippen LogP contribution in [0.2, 0.25) is 0 Å². The maximum absolute atomic E-state index is 12.9. The van der Waals surface area contributed by atoms with Gasteiger partial charge in [-0.25, -0.2) is 8.42 Å². The van der Waals surface area contributed by atoms with E-state index < -0.39 is 39.1 Å². The lowest BCUT2D eigenvalue weighted by Gasteiger charge is -2.18. The molecule has 0 radical (unpaired) electrons. The molecule has 1 atom stereocenters. The Balaban J connectivity index is 2.12. The summed E-state index contributed by atoms with van der Waals surface area (Å²) in [7, 11) is -3.39. The van der Waals surface area contributed by atoms with Crippen molar-refractivity contribution in [1.29, 1.82) is 5.26 Å². The fourth-order valence-corrected chi connectivity index (χ4v) is 5.01. The topological polar surface area (TPSA) is 113 Å². The van der Waals surface area contributed by atoms with E-state index in [1.165, 1.54) is 19.1 Å². The van der Waals surface area contributed by atoms with E-state index in [4.69, 9.17) is 0 Å². The predicted molar refractivity (Wildman–Crippen MR) is 103 cm³/mol. The van der Waals surface area contributed by atoms with Crippen LogP contribution < -0.4 is 5.56 Å². The molecule has 1 saturated heterocycles. The minimum atomic E-state index is -4.56. The Morgan fingerprint density at radius 1 is 1.37 bits per heavy atom. The van der Waals surface area contributed by atoms with Gasteiger partial charge in [-0.15, -0.1) is 0 Å². The number of rotatable bonds is 3. The van der Waals surface area contributed by atoms with Crippen LogP contribution in [0, 0.1) is 18.3 Å². The zero-order valence-electron chi connectivity index (χ0n) is 15.6. The molecule has 2 heterocycles. The van der Waals surface area contributed by atoms with Crippen LogP contribution >= 0.6 is 0 Å². The van der Waals surface area contributed by atoms with Gasteiger partial charge < -0.3 is 5.11 Å². The molecule has 1 aromatic heterocycles. The number of benzene rings is 1. The first-order chi connectivity index (χ1) is 13.9. The third-order valence-electron chi connectivity index (χ3n) is 4.88. The number of alkyl halides is 3. The normalized spacial score (nSPS) is 18.6. The van der Waals surface area contributed by atoms with Crippen LogP contribution in [0.3, 0.4) is 0 Å². The van der Waals surface area contributed by atoms with E-state index >= 15 is 0 Å². The molecule has 0 spiro atoms. The largest absolute Gasteiger partial charge is 0.494 e. The maximum atomic E-state index is 12.9. The van der Waals surface area contributed by atoms with Gasteiger partial charge in [-0.1, -0.05) is 6.07 Å². The van der Waals surface area contributed by atoms with E-state index in [1.807, 2.05) is 0 Å². The van der Waals surface area contributed by atoms with Crippen molar-refractivity contribution < 1.29 is 26.7 Å². The highest BCUT2D eigenvalue weighted by Crippen LogP contribution is 2.32. The van der Waals surface area contributed by atoms with Crippen LogP contribution in [0.4, 0.5) is 18.9 Å². The lowest BCUT2D eigenvalue weighted by molar-refractivity contribution is -0.137. The quantitative estimate of drug-likeness (QED) is 0.739. The summed E-state index contributed by atoms with van der Waals surface area (Å²) in [5, 5.41) is 20.0. The van der Waals surface area contributed by atoms with Gasteiger partial charge >= 0.3 is 6.18 Å². The summed E-state index contributed by atoms with van der Waals surface area (Å²) in [5.41, 5.74) is -2.05. The predicted octanol–water partition coefficient (Wildman–Crippen LogP) is 2.86.